The van der Waals surface area contributed by atoms with Gasteiger partial charge in [0.15, 0.2) is 0 Å². The molecule has 0 saturated heterocycles. The number of nitrogens with one attached hydrogen (secondary N) is 4. The maximum atomic E-state index is 10.4. The number of halogens is 1. The zero-order valence-electron chi connectivity index (χ0n) is 11.0. The maximum absolute atomic E-state index is 10.4. The molecule has 18 heavy (non-hydrogen) atoms. The third-order valence-corrected chi connectivity index (χ3v) is 3.06. The van der Waals surface area contributed by atoms with Crippen molar-refractivity contribution in [1.29, 1.82) is 0 Å². The standard InChI is InChI=1S/C10H25ClN4O2S/c1-2-3-4-5-6-7-8-9-10-12-13-14-15-18(11,16)17/h12-15H,2-10H2,1H3. The van der Waals surface area contributed by atoms with Gasteiger partial charge in [-0.3, -0.25) is 0 Å². The molecule has 6 nitrogen and oxygen atoms in total. The molecule has 0 unspecified atom stereocenters. The minimum absolute atomic E-state index is 0.770. The summed E-state index contributed by atoms with van der Waals surface area (Å²) in [5.41, 5.74) is 7.53. The molecule has 0 aliphatic heterocycles. The van der Waals surface area contributed by atoms with Gasteiger partial charge < -0.3 is 0 Å². The lowest BCUT2D eigenvalue weighted by molar-refractivity contribution is 0.406. The number of rotatable bonds is 13. The van der Waals surface area contributed by atoms with Crippen LogP contribution >= 0.6 is 10.7 Å². The lowest BCUT2D eigenvalue weighted by atomic mass is 10.1. The van der Waals surface area contributed by atoms with Crippen molar-refractivity contribution in [2.75, 3.05) is 6.54 Å². The largest absolute Gasteiger partial charge is 0.311 e. The Morgan fingerprint density at radius 3 is 2.00 bits per heavy atom. The first-order valence-electron chi connectivity index (χ1n) is 6.50. The van der Waals surface area contributed by atoms with Crippen molar-refractivity contribution in [3.05, 3.63) is 0 Å². The topological polar surface area (TPSA) is 82.3 Å². The quantitative estimate of drug-likeness (QED) is 0.236. The van der Waals surface area contributed by atoms with E-state index in [9.17, 15) is 8.42 Å². The SMILES string of the molecule is CCCCCCCCCCNNNNS(=O)(=O)Cl. The van der Waals surface area contributed by atoms with Crippen LogP contribution < -0.4 is 21.3 Å². The first-order valence-corrected chi connectivity index (χ1v) is 8.81. The fourth-order valence-electron chi connectivity index (χ4n) is 1.54. The summed E-state index contributed by atoms with van der Waals surface area (Å²) < 4.78 is 20.9. The molecule has 4 N–H and O–H groups in total. The molecule has 0 saturated carbocycles. The van der Waals surface area contributed by atoms with Crippen LogP contribution in [-0.2, 0) is 9.24 Å². The third kappa shape index (κ3) is 16.1. The van der Waals surface area contributed by atoms with Gasteiger partial charge in [-0.15, -0.1) is 4.83 Å². The van der Waals surface area contributed by atoms with Crippen LogP contribution in [0.3, 0.4) is 0 Å². The fourth-order valence-corrected chi connectivity index (χ4v) is 1.83. The Balaban J connectivity index is 3.03. The van der Waals surface area contributed by atoms with E-state index in [0.717, 1.165) is 13.0 Å². The van der Waals surface area contributed by atoms with Gasteiger partial charge in [-0.25, -0.2) is 5.43 Å². The summed E-state index contributed by atoms with van der Waals surface area (Å²) in [5, 5.41) is 0. The summed E-state index contributed by atoms with van der Waals surface area (Å²) in [6, 6.07) is 0. The Hall–Kier alpha value is 0.0800. The maximum Gasteiger partial charge on any atom is 0.311 e. The zero-order chi connectivity index (χ0) is 13.7. The Bertz CT molecular complexity index is 275. The summed E-state index contributed by atoms with van der Waals surface area (Å²) in [4.78, 5) is 1.87. The molecule has 0 aliphatic carbocycles. The molecular weight excluding hydrogens is 276 g/mol. The summed E-state index contributed by atoms with van der Waals surface area (Å²) in [7, 11) is 1.17. The van der Waals surface area contributed by atoms with Gasteiger partial charge in [-0.2, -0.15) is 19.5 Å². The molecule has 0 rings (SSSR count). The van der Waals surface area contributed by atoms with Gasteiger partial charge in [0, 0.05) is 17.2 Å². The van der Waals surface area contributed by atoms with Crippen LogP contribution in [0.2, 0.25) is 0 Å². The summed E-state index contributed by atoms with van der Waals surface area (Å²) >= 11 is 0. The summed E-state index contributed by atoms with van der Waals surface area (Å²) in [6.45, 7) is 2.99. The molecule has 0 spiro atoms. The van der Waals surface area contributed by atoms with Crippen molar-refractivity contribution in [2.45, 2.75) is 58.3 Å². The van der Waals surface area contributed by atoms with E-state index < -0.39 is 9.24 Å². The Morgan fingerprint density at radius 1 is 0.889 bits per heavy atom. The number of hydrogen-bond donors (Lipinski definition) is 4. The van der Waals surface area contributed by atoms with Crippen molar-refractivity contribution >= 4 is 19.9 Å². The second-order valence-corrected chi connectivity index (χ2v) is 6.49. The average molecular weight is 301 g/mol. The van der Waals surface area contributed by atoms with Crippen LogP contribution in [0.25, 0.3) is 0 Å². The lowest BCUT2D eigenvalue weighted by Crippen LogP contribution is -2.51. The second kappa shape index (κ2) is 12.1. The van der Waals surface area contributed by atoms with Crippen LogP contribution in [0.1, 0.15) is 58.3 Å². The zero-order valence-corrected chi connectivity index (χ0v) is 12.5. The Morgan fingerprint density at radius 2 is 1.44 bits per heavy atom. The van der Waals surface area contributed by atoms with E-state index in [1.54, 1.807) is 0 Å². The highest BCUT2D eigenvalue weighted by Crippen LogP contribution is 2.07. The van der Waals surface area contributed by atoms with Crippen molar-refractivity contribution in [2.24, 2.45) is 0 Å². The highest BCUT2D eigenvalue weighted by atomic mass is 35.7. The average Bonchev–Trinajstić information content (AvgIpc) is 2.29. The molecule has 8 heteroatoms. The van der Waals surface area contributed by atoms with Gasteiger partial charge in [0.05, 0.1) is 0 Å². The van der Waals surface area contributed by atoms with E-state index in [1.165, 1.54) is 44.9 Å². The normalized spacial score (nSPS) is 11.9. The van der Waals surface area contributed by atoms with E-state index in [1.807, 2.05) is 4.83 Å². The first kappa shape index (κ1) is 18.1. The molecule has 0 aromatic heterocycles. The molecular formula is C10H25ClN4O2S. The molecule has 0 aromatic rings. The molecule has 0 aromatic carbocycles. The second-order valence-electron chi connectivity index (χ2n) is 4.19. The molecule has 0 bridgehead atoms. The highest BCUT2D eigenvalue weighted by molar-refractivity contribution is 8.12. The third-order valence-electron chi connectivity index (χ3n) is 2.48. The highest BCUT2D eigenvalue weighted by Gasteiger charge is 1.99. The minimum atomic E-state index is -3.73. The fraction of sp³-hybridized carbons (Fsp3) is 1.00. The monoisotopic (exact) mass is 300 g/mol. The number of unbranched alkanes of at least 4 members (excludes halogenated alkanes) is 7. The van der Waals surface area contributed by atoms with E-state index >= 15 is 0 Å². The van der Waals surface area contributed by atoms with E-state index in [-0.39, 0.29) is 0 Å². The van der Waals surface area contributed by atoms with Crippen molar-refractivity contribution in [3.8, 4) is 0 Å². The van der Waals surface area contributed by atoms with E-state index in [0.29, 0.717) is 0 Å². The molecule has 0 amide bonds. The number of hydrazine groups is 3. The van der Waals surface area contributed by atoms with Crippen LogP contribution in [0.5, 0.6) is 0 Å². The molecule has 110 valence electrons. The molecule has 0 heterocycles. The summed E-state index contributed by atoms with van der Waals surface area (Å²) in [6.07, 6.45) is 10.1. The van der Waals surface area contributed by atoms with Crippen LogP contribution in [0.15, 0.2) is 0 Å². The predicted molar refractivity (Wildman–Crippen MR) is 74.8 cm³/mol. The summed E-state index contributed by atoms with van der Waals surface area (Å²) in [5.74, 6) is 0. The van der Waals surface area contributed by atoms with Gasteiger partial charge in [0.2, 0.25) is 0 Å². The molecule has 0 radical (unpaired) electrons. The Kier molecular flexibility index (Phi) is 12.2. The van der Waals surface area contributed by atoms with Crippen LogP contribution in [-0.4, -0.2) is 15.0 Å². The predicted octanol–water partition coefficient (Wildman–Crippen LogP) is 1.71. The number of hydrogen-bond acceptors (Lipinski definition) is 5. The van der Waals surface area contributed by atoms with Crippen molar-refractivity contribution in [1.82, 2.24) is 21.3 Å². The van der Waals surface area contributed by atoms with Crippen LogP contribution in [0.4, 0.5) is 0 Å². The Labute approximate surface area is 115 Å². The van der Waals surface area contributed by atoms with Crippen molar-refractivity contribution < 1.29 is 8.42 Å². The minimum Gasteiger partial charge on any atom is -0.243 e. The molecule has 0 aliphatic rings. The van der Waals surface area contributed by atoms with Gasteiger partial charge in [-0.1, -0.05) is 51.9 Å². The van der Waals surface area contributed by atoms with E-state index in [2.05, 4.69) is 23.4 Å². The van der Waals surface area contributed by atoms with Gasteiger partial charge in [-0.05, 0) is 6.42 Å². The van der Waals surface area contributed by atoms with Crippen molar-refractivity contribution in [3.63, 3.8) is 0 Å². The lowest BCUT2D eigenvalue weighted by Gasteiger charge is -2.07. The molecule has 0 fully saturated rings. The van der Waals surface area contributed by atoms with E-state index in [4.69, 9.17) is 10.7 Å². The smallest absolute Gasteiger partial charge is 0.243 e. The van der Waals surface area contributed by atoms with Gasteiger partial charge >= 0.3 is 9.24 Å². The van der Waals surface area contributed by atoms with Gasteiger partial charge in [0.1, 0.15) is 0 Å². The van der Waals surface area contributed by atoms with Gasteiger partial charge in [0.25, 0.3) is 0 Å². The first-order chi connectivity index (χ1) is 8.56. The van der Waals surface area contributed by atoms with Crippen LogP contribution in [0, 0.1) is 0 Å². The molecule has 0 atom stereocenters.